The molecule has 6 heteroatoms. The molecule has 1 aromatic carbocycles. The van der Waals surface area contributed by atoms with Crippen LogP contribution in [-0.4, -0.2) is 28.0 Å². The molecule has 1 aliphatic rings. The number of rotatable bonds is 3. The van der Waals surface area contributed by atoms with Gasteiger partial charge in [-0.25, -0.2) is 9.37 Å². The first-order chi connectivity index (χ1) is 9.63. The maximum atomic E-state index is 13.6. The van der Waals surface area contributed by atoms with E-state index in [9.17, 15) is 9.18 Å². The van der Waals surface area contributed by atoms with E-state index in [1.54, 1.807) is 0 Å². The highest BCUT2D eigenvalue weighted by Gasteiger charge is 2.34. The van der Waals surface area contributed by atoms with Crippen LogP contribution in [0.3, 0.4) is 0 Å². The third-order valence-corrected chi connectivity index (χ3v) is 4.06. The molecule has 1 aliphatic carbocycles. The smallest absolute Gasteiger partial charge is 0.254 e. The summed E-state index contributed by atoms with van der Waals surface area (Å²) in [6.45, 7) is 0.401. The number of imidazole rings is 1. The minimum Gasteiger partial charge on any atom is -0.345 e. The number of hydrogen-bond donors (Lipinski definition) is 3. The topological polar surface area (TPSA) is 83.8 Å². The Morgan fingerprint density at radius 3 is 2.90 bits per heavy atom. The average molecular weight is 276 g/mol. The van der Waals surface area contributed by atoms with Crippen LogP contribution in [0.5, 0.6) is 0 Å². The summed E-state index contributed by atoms with van der Waals surface area (Å²) in [5.41, 5.74) is 6.70. The van der Waals surface area contributed by atoms with Crippen LogP contribution in [-0.2, 0) is 0 Å². The third-order valence-electron chi connectivity index (χ3n) is 4.06. The third kappa shape index (κ3) is 2.16. The molecule has 1 fully saturated rings. The van der Waals surface area contributed by atoms with Crippen molar-refractivity contribution in [3.8, 4) is 0 Å². The Labute approximate surface area is 115 Å². The second-order valence-electron chi connectivity index (χ2n) is 5.40. The lowest BCUT2D eigenvalue weighted by Crippen LogP contribution is -2.51. The summed E-state index contributed by atoms with van der Waals surface area (Å²) in [7, 11) is 0. The highest BCUT2D eigenvalue weighted by Crippen LogP contribution is 2.29. The Kier molecular flexibility index (Phi) is 3.17. The van der Waals surface area contributed by atoms with Crippen LogP contribution in [0.25, 0.3) is 11.0 Å². The van der Waals surface area contributed by atoms with Crippen molar-refractivity contribution in [2.24, 2.45) is 5.73 Å². The summed E-state index contributed by atoms with van der Waals surface area (Å²) in [5.74, 6) is -0.769. The van der Waals surface area contributed by atoms with Gasteiger partial charge in [0.2, 0.25) is 0 Å². The SMILES string of the molecule is NCC1(NC(=O)c2cc(F)cc3[nH]cnc23)CCCC1. The van der Waals surface area contributed by atoms with Gasteiger partial charge in [-0.3, -0.25) is 4.79 Å². The number of nitrogens with two attached hydrogens (primary N) is 1. The average Bonchev–Trinajstić information content (AvgIpc) is 3.06. The van der Waals surface area contributed by atoms with Crippen molar-refractivity contribution in [3.63, 3.8) is 0 Å². The number of nitrogens with one attached hydrogen (secondary N) is 2. The monoisotopic (exact) mass is 276 g/mol. The van der Waals surface area contributed by atoms with Gasteiger partial charge in [-0.15, -0.1) is 0 Å². The number of fused-ring (bicyclic) bond motifs is 1. The summed E-state index contributed by atoms with van der Waals surface area (Å²) in [4.78, 5) is 19.3. The molecule has 0 unspecified atom stereocenters. The molecular formula is C14H17FN4O. The first kappa shape index (κ1) is 13.1. The van der Waals surface area contributed by atoms with E-state index in [0.29, 0.717) is 17.6 Å². The van der Waals surface area contributed by atoms with Gasteiger partial charge >= 0.3 is 0 Å². The van der Waals surface area contributed by atoms with Gasteiger partial charge in [0.15, 0.2) is 0 Å². The van der Waals surface area contributed by atoms with Crippen molar-refractivity contribution in [3.05, 3.63) is 29.8 Å². The second kappa shape index (κ2) is 4.86. The molecule has 1 heterocycles. The Balaban J connectivity index is 1.94. The number of nitrogens with zero attached hydrogens (tertiary/aromatic N) is 1. The molecule has 5 nitrogen and oxygen atoms in total. The van der Waals surface area contributed by atoms with E-state index >= 15 is 0 Å². The lowest BCUT2D eigenvalue weighted by Gasteiger charge is -2.28. The summed E-state index contributed by atoms with van der Waals surface area (Å²) in [6.07, 6.45) is 5.30. The van der Waals surface area contributed by atoms with E-state index in [2.05, 4.69) is 15.3 Å². The van der Waals surface area contributed by atoms with E-state index in [1.807, 2.05) is 0 Å². The molecule has 1 saturated carbocycles. The number of aromatic amines is 1. The normalized spacial score (nSPS) is 17.5. The zero-order chi connectivity index (χ0) is 14.2. The molecule has 106 valence electrons. The molecule has 0 atom stereocenters. The minimum atomic E-state index is -0.458. The van der Waals surface area contributed by atoms with Gasteiger partial charge in [0.1, 0.15) is 11.3 Å². The van der Waals surface area contributed by atoms with Gasteiger partial charge in [-0.05, 0) is 25.0 Å². The fourth-order valence-corrected chi connectivity index (χ4v) is 2.93. The molecule has 1 amide bonds. The molecular weight excluding hydrogens is 259 g/mol. The van der Waals surface area contributed by atoms with Crippen molar-refractivity contribution in [2.75, 3.05) is 6.54 Å². The predicted octanol–water partition coefficient (Wildman–Crippen LogP) is 1.70. The van der Waals surface area contributed by atoms with Gasteiger partial charge in [0, 0.05) is 6.54 Å². The van der Waals surface area contributed by atoms with Crippen molar-refractivity contribution in [1.82, 2.24) is 15.3 Å². The standard InChI is InChI=1S/C14H17FN4O/c15-9-5-10(12-11(6-9)17-8-18-12)13(20)19-14(7-16)3-1-2-4-14/h5-6,8H,1-4,7,16H2,(H,17,18)(H,19,20). The molecule has 4 N–H and O–H groups in total. The van der Waals surface area contributed by atoms with Crippen molar-refractivity contribution in [1.29, 1.82) is 0 Å². The van der Waals surface area contributed by atoms with Crippen LogP contribution in [0.15, 0.2) is 18.5 Å². The van der Waals surface area contributed by atoms with E-state index in [1.165, 1.54) is 18.5 Å². The van der Waals surface area contributed by atoms with Gasteiger partial charge in [-0.2, -0.15) is 0 Å². The lowest BCUT2D eigenvalue weighted by atomic mass is 9.97. The van der Waals surface area contributed by atoms with Crippen LogP contribution in [0.1, 0.15) is 36.0 Å². The van der Waals surface area contributed by atoms with Crippen LogP contribution >= 0.6 is 0 Å². The summed E-state index contributed by atoms with van der Waals surface area (Å²) >= 11 is 0. The lowest BCUT2D eigenvalue weighted by molar-refractivity contribution is 0.0904. The van der Waals surface area contributed by atoms with Crippen LogP contribution < -0.4 is 11.1 Å². The molecule has 1 aromatic heterocycles. The van der Waals surface area contributed by atoms with Gasteiger partial charge in [0.25, 0.3) is 5.91 Å². The number of amides is 1. The van der Waals surface area contributed by atoms with Crippen molar-refractivity contribution >= 4 is 16.9 Å². The predicted molar refractivity (Wildman–Crippen MR) is 73.8 cm³/mol. The molecule has 20 heavy (non-hydrogen) atoms. The molecule has 0 bridgehead atoms. The molecule has 0 saturated heterocycles. The van der Waals surface area contributed by atoms with Gasteiger partial charge in [0.05, 0.1) is 22.9 Å². The molecule has 0 spiro atoms. The highest BCUT2D eigenvalue weighted by atomic mass is 19.1. The number of carbonyl (C=O) groups is 1. The van der Waals surface area contributed by atoms with E-state index in [4.69, 9.17) is 5.73 Å². The van der Waals surface area contributed by atoms with Crippen LogP contribution in [0.4, 0.5) is 4.39 Å². The number of aromatic nitrogens is 2. The van der Waals surface area contributed by atoms with Crippen molar-refractivity contribution < 1.29 is 9.18 Å². The second-order valence-corrected chi connectivity index (χ2v) is 5.40. The quantitative estimate of drug-likeness (QED) is 0.798. The summed E-state index contributed by atoms with van der Waals surface area (Å²) in [5, 5.41) is 2.98. The summed E-state index contributed by atoms with van der Waals surface area (Å²) in [6, 6.07) is 2.55. The molecule has 0 aliphatic heterocycles. The van der Waals surface area contributed by atoms with E-state index in [-0.39, 0.29) is 17.0 Å². The molecule has 2 aromatic rings. The largest absolute Gasteiger partial charge is 0.345 e. The van der Waals surface area contributed by atoms with Gasteiger partial charge in [-0.1, -0.05) is 12.8 Å². The maximum absolute atomic E-state index is 13.6. The van der Waals surface area contributed by atoms with Crippen LogP contribution in [0.2, 0.25) is 0 Å². The van der Waals surface area contributed by atoms with Crippen molar-refractivity contribution in [2.45, 2.75) is 31.2 Å². The maximum Gasteiger partial charge on any atom is 0.254 e. The minimum absolute atomic E-state index is 0.251. The zero-order valence-corrected chi connectivity index (χ0v) is 11.1. The van der Waals surface area contributed by atoms with Crippen LogP contribution in [0, 0.1) is 5.82 Å². The Morgan fingerprint density at radius 2 is 2.20 bits per heavy atom. The Morgan fingerprint density at radius 1 is 1.45 bits per heavy atom. The fraction of sp³-hybridized carbons (Fsp3) is 0.429. The zero-order valence-electron chi connectivity index (χ0n) is 11.1. The number of hydrogen-bond acceptors (Lipinski definition) is 3. The number of carbonyl (C=O) groups excluding carboxylic acids is 1. The number of benzene rings is 1. The summed E-state index contributed by atoms with van der Waals surface area (Å²) < 4.78 is 13.6. The molecule has 0 radical (unpaired) electrons. The first-order valence-electron chi connectivity index (χ1n) is 6.79. The Hall–Kier alpha value is -1.95. The molecule has 3 rings (SSSR count). The fourth-order valence-electron chi connectivity index (χ4n) is 2.93. The van der Waals surface area contributed by atoms with E-state index in [0.717, 1.165) is 25.7 Å². The van der Waals surface area contributed by atoms with E-state index < -0.39 is 5.82 Å². The van der Waals surface area contributed by atoms with Gasteiger partial charge < -0.3 is 16.0 Å². The Bertz CT molecular complexity index is 646. The number of halogens is 1. The number of H-pyrrole nitrogens is 1. The first-order valence-corrected chi connectivity index (χ1v) is 6.79. The highest BCUT2D eigenvalue weighted by molar-refractivity contribution is 6.05.